The largest absolute Gasteiger partial charge is 0.326 e. The molecule has 1 fully saturated rings. The maximum absolute atomic E-state index is 12.6. The summed E-state index contributed by atoms with van der Waals surface area (Å²) in [5, 5.41) is 4.62. The van der Waals surface area contributed by atoms with Crippen molar-refractivity contribution in [2.45, 2.75) is 32.9 Å². The first-order valence-electron chi connectivity index (χ1n) is 9.56. The average molecular weight is 406 g/mol. The van der Waals surface area contributed by atoms with E-state index in [-0.39, 0.29) is 23.5 Å². The number of aromatic nitrogens is 2. The van der Waals surface area contributed by atoms with E-state index in [1.807, 2.05) is 55.9 Å². The lowest BCUT2D eigenvalue weighted by Gasteiger charge is -2.20. The lowest BCUT2D eigenvalue weighted by atomic mass is 10.1. The number of carbonyl (C=O) groups excluding carboxylic acids is 1. The molecule has 8 heteroatoms. The van der Waals surface area contributed by atoms with E-state index >= 15 is 0 Å². The normalized spacial score (nSPS) is 19.5. The number of aryl methyl sites for hydroxylation is 1. The van der Waals surface area contributed by atoms with Gasteiger partial charge in [0, 0.05) is 18.4 Å². The van der Waals surface area contributed by atoms with Crippen LogP contribution in [0, 0.1) is 13.8 Å². The third-order valence-corrected chi connectivity index (χ3v) is 7.23. The van der Waals surface area contributed by atoms with Crippen molar-refractivity contribution in [2.24, 2.45) is 0 Å². The van der Waals surface area contributed by atoms with Crippen molar-refractivity contribution in [3.8, 4) is 0 Å². The molecule has 0 aliphatic carbocycles. The molecule has 2 heterocycles. The van der Waals surface area contributed by atoms with Gasteiger partial charge in [0.25, 0.3) is 5.91 Å². The number of hydrogen-bond donors (Lipinski definition) is 1. The van der Waals surface area contributed by atoms with Crippen molar-refractivity contribution in [1.82, 2.24) is 9.78 Å². The molecule has 28 heavy (non-hydrogen) atoms. The lowest BCUT2D eigenvalue weighted by molar-refractivity contribution is -0.885. The molecule has 3 rings (SSSR count). The summed E-state index contributed by atoms with van der Waals surface area (Å²) in [5.41, 5.74) is 3.88. The first kappa shape index (κ1) is 20.5. The van der Waals surface area contributed by atoms with Crippen LogP contribution >= 0.6 is 0 Å². The SMILES string of the molecule is Cc1nn([C@@H]2CCS(=O)(=O)C2)c(C)c1C[NH+](C)CC(=O)N(C)c1ccccc1. The van der Waals surface area contributed by atoms with Crippen molar-refractivity contribution in [3.63, 3.8) is 0 Å². The molecule has 7 nitrogen and oxygen atoms in total. The highest BCUT2D eigenvalue weighted by Gasteiger charge is 2.32. The van der Waals surface area contributed by atoms with Crippen molar-refractivity contribution in [3.05, 3.63) is 47.3 Å². The summed E-state index contributed by atoms with van der Waals surface area (Å²) >= 11 is 0. The Bertz CT molecular complexity index is 953. The highest BCUT2D eigenvalue weighted by molar-refractivity contribution is 7.91. The molecular formula is C20H29N4O3S+. The summed E-state index contributed by atoms with van der Waals surface area (Å²) in [7, 11) is 0.830. The number of benzene rings is 1. The summed E-state index contributed by atoms with van der Waals surface area (Å²) in [6.07, 6.45) is 0.618. The van der Waals surface area contributed by atoms with Crippen LogP contribution in [0.3, 0.4) is 0 Å². The predicted octanol–water partition coefficient (Wildman–Crippen LogP) is 0.537. The highest BCUT2D eigenvalue weighted by atomic mass is 32.2. The second kappa shape index (κ2) is 8.05. The van der Waals surface area contributed by atoms with Gasteiger partial charge in [0.2, 0.25) is 0 Å². The van der Waals surface area contributed by atoms with Gasteiger partial charge in [-0.3, -0.25) is 9.48 Å². The topological polar surface area (TPSA) is 76.7 Å². The number of para-hydroxylation sites is 1. The van der Waals surface area contributed by atoms with Crippen LogP contribution in [0.4, 0.5) is 5.69 Å². The van der Waals surface area contributed by atoms with E-state index in [1.54, 1.807) is 11.9 Å². The van der Waals surface area contributed by atoms with Gasteiger partial charge < -0.3 is 9.80 Å². The first-order valence-corrected chi connectivity index (χ1v) is 11.4. The highest BCUT2D eigenvalue weighted by Crippen LogP contribution is 2.26. The Balaban J connectivity index is 1.67. The van der Waals surface area contributed by atoms with Crippen molar-refractivity contribution < 1.29 is 18.1 Å². The van der Waals surface area contributed by atoms with Gasteiger partial charge in [0.05, 0.1) is 35.9 Å². The standard InChI is InChI=1S/C20H28N4O3S/c1-15-19(16(2)24(21-15)18-10-11-28(26,27)14-18)12-22(3)13-20(25)23(4)17-8-6-5-7-9-17/h5-9,18H,10-14H2,1-4H3/p+1/t18-/m1/s1. The first-order chi connectivity index (χ1) is 13.2. The van der Waals surface area contributed by atoms with Crippen LogP contribution in [-0.2, 0) is 21.2 Å². The maximum atomic E-state index is 12.6. The molecule has 0 radical (unpaired) electrons. The molecule has 2 aromatic rings. The fourth-order valence-corrected chi connectivity index (χ4v) is 5.51. The monoisotopic (exact) mass is 405 g/mol. The van der Waals surface area contributed by atoms with Gasteiger partial charge >= 0.3 is 0 Å². The number of amides is 1. The third-order valence-electron chi connectivity index (χ3n) is 5.48. The fraction of sp³-hybridized carbons (Fsp3) is 0.500. The van der Waals surface area contributed by atoms with Gasteiger partial charge in [-0.2, -0.15) is 5.10 Å². The molecule has 2 atom stereocenters. The lowest BCUT2D eigenvalue weighted by Crippen LogP contribution is -3.09. The van der Waals surface area contributed by atoms with E-state index < -0.39 is 9.84 Å². The fourth-order valence-electron chi connectivity index (χ4n) is 3.81. The Hall–Kier alpha value is -2.19. The van der Waals surface area contributed by atoms with Crippen molar-refractivity contribution in [2.75, 3.05) is 37.0 Å². The second-order valence-corrected chi connectivity index (χ2v) is 9.98. The maximum Gasteiger partial charge on any atom is 0.281 e. The molecule has 1 amide bonds. The molecule has 0 bridgehead atoms. The van der Waals surface area contributed by atoms with Crippen molar-refractivity contribution in [1.29, 1.82) is 0 Å². The molecule has 1 aromatic heterocycles. The number of nitrogens with one attached hydrogen (secondary N) is 1. The molecular weight excluding hydrogens is 376 g/mol. The van der Waals surface area contributed by atoms with Crippen molar-refractivity contribution >= 4 is 21.4 Å². The Kier molecular flexibility index (Phi) is 5.90. The molecule has 1 unspecified atom stereocenters. The van der Waals surface area contributed by atoms with Gasteiger partial charge in [-0.15, -0.1) is 0 Å². The number of carbonyl (C=O) groups is 1. The third kappa shape index (κ3) is 4.44. The number of anilines is 1. The number of rotatable bonds is 6. The number of nitrogens with zero attached hydrogens (tertiary/aromatic N) is 3. The van der Waals surface area contributed by atoms with E-state index in [0.717, 1.165) is 27.5 Å². The summed E-state index contributed by atoms with van der Waals surface area (Å²) < 4.78 is 25.5. The number of sulfone groups is 1. The Morgan fingerprint density at radius 2 is 1.96 bits per heavy atom. The smallest absolute Gasteiger partial charge is 0.281 e. The van der Waals surface area contributed by atoms with E-state index in [2.05, 4.69) is 5.10 Å². The summed E-state index contributed by atoms with van der Waals surface area (Å²) in [4.78, 5) is 15.4. The van der Waals surface area contributed by atoms with E-state index in [1.165, 1.54) is 0 Å². The van der Waals surface area contributed by atoms with Crippen LogP contribution in [0.25, 0.3) is 0 Å². The van der Waals surface area contributed by atoms with Gasteiger partial charge in [-0.25, -0.2) is 8.42 Å². The van der Waals surface area contributed by atoms with Crippen LogP contribution < -0.4 is 9.80 Å². The molecule has 1 N–H and O–H groups in total. The molecule has 1 aliphatic heterocycles. The summed E-state index contributed by atoms with van der Waals surface area (Å²) in [6, 6.07) is 9.52. The minimum Gasteiger partial charge on any atom is -0.326 e. The zero-order valence-corrected chi connectivity index (χ0v) is 17.8. The quantitative estimate of drug-likeness (QED) is 0.761. The molecule has 152 valence electrons. The Morgan fingerprint density at radius 3 is 2.57 bits per heavy atom. The number of hydrogen-bond acceptors (Lipinski definition) is 4. The zero-order chi connectivity index (χ0) is 20.5. The molecule has 0 spiro atoms. The Morgan fingerprint density at radius 1 is 1.29 bits per heavy atom. The number of quaternary nitrogens is 1. The average Bonchev–Trinajstić information content (AvgIpc) is 3.15. The van der Waals surface area contributed by atoms with E-state index in [4.69, 9.17) is 0 Å². The van der Waals surface area contributed by atoms with Crippen LogP contribution in [-0.4, -0.2) is 56.3 Å². The van der Waals surface area contributed by atoms with E-state index in [9.17, 15) is 13.2 Å². The number of likely N-dealkylation sites (N-methyl/N-ethyl adjacent to an activating group) is 2. The minimum absolute atomic E-state index is 0.0493. The van der Waals surface area contributed by atoms with E-state index in [0.29, 0.717) is 19.5 Å². The van der Waals surface area contributed by atoms with Crippen LogP contribution in [0.1, 0.15) is 29.4 Å². The molecule has 1 aromatic carbocycles. The second-order valence-electron chi connectivity index (χ2n) is 7.75. The summed E-state index contributed by atoms with van der Waals surface area (Å²) in [6.45, 7) is 4.98. The van der Waals surface area contributed by atoms with Gasteiger partial charge in [0.15, 0.2) is 16.4 Å². The molecule has 1 aliphatic rings. The Labute approximate surface area is 166 Å². The molecule has 1 saturated heterocycles. The summed E-state index contributed by atoms with van der Waals surface area (Å²) in [5.74, 6) is 0.446. The van der Waals surface area contributed by atoms with Crippen LogP contribution in [0.2, 0.25) is 0 Å². The predicted molar refractivity (Wildman–Crippen MR) is 109 cm³/mol. The molecule has 0 saturated carbocycles. The zero-order valence-electron chi connectivity index (χ0n) is 17.0. The van der Waals surface area contributed by atoms with Gasteiger partial charge in [-0.05, 0) is 32.4 Å². The van der Waals surface area contributed by atoms with Crippen LogP contribution in [0.5, 0.6) is 0 Å². The van der Waals surface area contributed by atoms with Gasteiger partial charge in [0.1, 0.15) is 6.54 Å². The minimum atomic E-state index is -2.96. The van der Waals surface area contributed by atoms with Gasteiger partial charge in [-0.1, -0.05) is 18.2 Å². The van der Waals surface area contributed by atoms with Crippen LogP contribution in [0.15, 0.2) is 30.3 Å².